The molecule has 0 aliphatic carbocycles. The molecule has 9 heteroatoms. The maximum atomic E-state index is 12.3. The normalized spacial score (nSPS) is 10.5. The van der Waals surface area contributed by atoms with Crippen LogP contribution in [0.4, 0.5) is 5.82 Å². The third-order valence-corrected chi connectivity index (χ3v) is 3.31. The zero-order valence-corrected chi connectivity index (χ0v) is 14.9. The fourth-order valence-electron chi connectivity index (χ4n) is 2.07. The van der Waals surface area contributed by atoms with Crippen molar-refractivity contribution in [1.82, 2.24) is 15.0 Å². The van der Waals surface area contributed by atoms with Crippen molar-refractivity contribution in [1.29, 1.82) is 0 Å². The number of halogens is 1. The molecule has 0 radical (unpaired) electrons. The molecule has 2 heterocycles. The Morgan fingerprint density at radius 3 is 2.48 bits per heavy atom. The Hall–Kier alpha value is -2.74. The summed E-state index contributed by atoms with van der Waals surface area (Å²) in [5, 5.41) is 2.75. The minimum absolute atomic E-state index is 0.0478. The number of aromatic nitrogens is 3. The number of methoxy groups -OCH3 is 1. The van der Waals surface area contributed by atoms with Gasteiger partial charge in [-0.05, 0) is 31.5 Å². The molecule has 2 aromatic rings. The maximum absolute atomic E-state index is 12.3. The Morgan fingerprint density at radius 2 is 1.88 bits per heavy atom. The fourth-order valence-corrected chi connectivity index (χ4v) is 2.20. The van der Waals surface area contributed by atoms with Crippen molar-refractivity contribution in [3.63, 3.8) is 0 Å². The van der Waals surface area contributed by atoms with Gasteiger partial charge >= 0.3 is 11.9 Å². The van der Waals surface area contributed by atoms with E-state index in [9.17, 15) is 9.59 Å². The highest BCUT2D eigenvalue weighted by Crippen LogP contribution is 2.26. The van der Waals surface area contributed by atoms with Crippen LogP contribution in [0.15, 0.2) is 18.5 Å². The highest BCUT2D eigenvalue weighted by atomic mass is 35.5. The first-order chi connectivity index (χ1) is 11.9. The molecule has 0 aliphatic rings. The quantitative estimate of drug-likeness (QED) is 0.637. The molecule has 0 aromatic carbocycles. The summed E-state index contributed by atoms with van der Waals surface area (Å²) in [6, 6.07) is 1.51. The largest absolute Gasteiger partial charge is 0.465 e. The zero-order valence-electron chi connectivity index (χ0n) is 14.2. The van der Waals surface area contributed by atoms with Gasteiger partial charge in [0.1, 0.15) is 16.9 Å². The number of carbonyl (C=O) groups is 2. The van der Waals surface area contributed by atoms with Gasteiger partial charge in [0.15, 0.2) is 0 Å². The van der Waals surface area contributed by atoms with Crippen LogP contribution >= 0.6 is 11.6 Å². The summed E-state index contributed by atoms with van der Waals surface area (Å²) in [5.74, 6) is -0.841. The number of nitrogens with zero attached hydrogens (tertiary/aromatic N) is 3. The Balaban J connectivity index is 2.59. The molecule has 0 saturated carbocycles. The van der Waals surface area contributed by atoms with Gasteiger partial charge in [0.05, 0.1) is 18.9 Å². The number of ether oxygens (including phenoxy) is 2. The van der Waals surface area contributed by atoms with Gasteiger partial charge in [0.2, 0.25) is 5.28 Å². The Kier molecular flexibility index (Phi) is 5.87. The van der Waals surface area contributed by atoms with Gasteiger partial charge in [-0.1, -0.05) is 0 Å². The Labute approximate surface area is 149 Å². The maximum Gasteiger partial charge on any atom is 0.342 e. The summed E-state index contributed by atoms with van der Waals surface area (Å²) in [6.07, 6.45) is 2.42. The minimum atomic E-state index is -0.598. The molecular weight excluding hydrogens is 348 g/mol. The zero-order chi connectivity index (χ0) is 18.6. The standard InChI is InChI=1S/C16H17ClN4O4/c1-8(2)25-15(23)11-7-20-16(17)21-12(11)9-5-10(14(22)24-4)13(18-3)19-6-9/h5-8H,1-4H3,(H,18,19). The number of hydrogen-bond acceptors (Lipinski definition) is 8. The first kappa shape index (κ1) is 18.6. The lowest BCUT2D eigenvalue weighted by Gasteiger charge is -2.12. The second kappa shape index (κ2) is 7.89. The van der Waals surface area contributed by atoms with Gasteiger partial charge in [0.25, 0.3) is 0 Å². The predicted octanol–water partition coefficient (Wildman–Crippen LogP) is 2.59. The number of esters is 2. The van der Waals surface area contributed by atoms with Crippen LogP contribution in [0.3, 0.4) is 0 Å². The lowest BCUT2D eigenvalue weighted by atomic mass is 10.1. The van der Waals surface area contributed by atoms with Gasteiger partial charge in [-0.15, -0.1) is 0 Å². The van der Waals surface area contributed by atoms with E-state index in [1.807, 2.05) is 0 Å². The second-order valence-electron chi connectivity index (χ2n) is 5.22. The van der Waals surface area contributed by atoms with Gasteiger partial charge in [-0.2, -0.15) is 0 Å². The molecule has 132 valence electrons. The van der Waals surface area contributed by atoms with E-state index >= 15 is 0 Å². The van der Waals surface area contributed by atoms with Crippen molar-refractivity contribution < 1.29 is 19.1 Å². The Morgan fingerprint density at radius 1 is 1.16 bits per heavy atom. The second-order valence-corrected chi connectivity index (χ2v) is 5.56. The van der Waals surface area contributed by atoms with Gasteiger partial charge < -0.3 is 14.8 Å². The summed E-state index contributed by atoms with van der Waals surface area (Å²) < 4.78 is 9.95. The molecule has 0 amide bonds. The molecular formula is C16H17ClN4O4. The molecule has 0 spiro atoms. The van der Waals surface area contributed by atoms with E-state index in [0.717, 1.165) is 0 Å². The SMILES string of the molecule is CNc1ncc(-c2nc(Cl)ncc2C(=O)OC(C)C)cc1C(=O)OC. The van der Waals surface area contributed by atoms with E-state index in [4.69, 9.17) is 21.1 Å². The highest BCUT2D eigenvalue weighted by molar-refractivity contribution is 6.28. The topological polar surface area (TPSA) is 103 Å². The molecule has 0 atom stereocenters. The number of hydrogen-bond donors (Lipinski definition) is 1. The number of anilines is 1. The van der Waals surface area contributed by atoms with Crippen molar-refractivity contribution >= 4 is 29.4 Å². The predicted molar refractivity (Wildman–Crippen MR) is 91.7 cm³/mol. The van der Waals surface area contributed by atoms with Crippen molar-refractivity contribution in [3.05, 3.63) is 34.9 Å². The molecule has 0 saturated heterocycles. The minimum Gasteiger partial charge on any atom is -0.465 e. The molecule has 0 aliphatic heterocycles. The molecule has 0 bridgehead atoms. The monoisotopic (exact) mass is 364 g/mol. The van der Waals surface area contributed by atoms with Gasteiger partial charge in [-0.25, -0.2) is 24.5 Å². The summed E-state index contributed by atoms with van der Waals surface area (Å²) in [7, 11) is 2.89. The summed E-state index contributed by atoms with van der Waals surface area (Å²) >= 11 is 5.87. The van der Waals surface area contributed by atoms with Crippen molar-refractivity contribution in [2.75, 3.05) is 19.5 Å². The van der Waals surface area contributed by atoms with E-state index in [2.05, 4.69) is 20.3 Å². The first-order valence-corrected chi connectivity index (χ1v) is 7.75. The fraction of sp³-hybridized carbons (Fsp3) is 0.312. The highest BCUT2D eigenvalue weighted by Gasteiger charge is 2.21. The Bertz CT molecular complexity index is 811. The van der Waals surface area contributed by atoms with E-state index in [1.165, 1.54) is 25.6 Å². The molecule has 2 rings (SSSR count). The number of nitrogens with one attached hydrogen (secondary N) is 1. The van der Waals surface area contributed by atoms with Crippen molar-refractivity contribution in [2.45, 2.75) is 20.0 Å². The smallest absolute Gasteiger partial charge is 0.342 e. The van der Waals surface area contributed by atoms with Gasteiger partial charge in [-0.3, -0.25) is 0 Å². The number of pyridine rings is 1. The van der Waals surface area contributed by atoms with Crippen LogP contribution in [0.2, 0.25) is 5.28 Å². The summed E-state index contributed by atoms with van der Waals surface area (Å²) in [6.45, 7) is 3.46. The van der Waals surface area contributed by atoms with Crippen LogP contribution in [-0.2, 0) is 9.47 Å². The van der Waals surface area contributed by atoms with Crippen LogP contribution in [0.25, 0.3) is 11.3 Å². The van der Waals surface area contributed by atoms with Crippen molar-refractivity contribution in [2.24, 2.45) is 0 Å². The van der Waals surface area contributed by atoms with Crippen LogP contribution in [0.1, 0.15) is 34.6 Å². The third-order valence-electron chi connectivity index (χ3n) is 3.13. The van der Waals surface area contributed by atoms with Crippen LogP contribution in [-0.4, -0.2) is 47.2 Å². The summed E-state index contributed by atoms with van der Waals surface area (Å²) in [5.41, 5.74) is 0.929. The lowest BCUT2D eigenvalue weighted by molar-refractivity contribution is 0.0377. The number of carbonyl (C=O) groups excluding carboxylic acids is 2. The molecule has 25 heavy (non-hydrogen) atoms. The molecule has 1 N–H and O–H groups in total. The average Bonchev–Trinajstić information content (AvgIpc) is 2.59. The average molecular weight is 365 g/mol. The number of rotatable bonds is 5. The molecule has 8 nitrogen and oxygen atoms in total. The first-order valence-electron chi connectivity index (χ1n) is 7.37. The van der Waals surface area contributed by atoms with E-state index < -0.39 is 11.9 Å². The third kappa shape index (κ3) is 4.21. The van der Waals surface area contributed by atoms with E-state index in [-0.39, 0.29) is 28.2 Å². The van der Waals surface area contributed by atoms with Gasteiger partial charge in [0, 0.05) is 25.0 Å². The van der Waals surface area contributed by atoms with Crippen LogP contribution in [0.5, 0.6) is 0 Å². The van der Waals surface area contributed by atoms with E-state index in [0.29, 0.717) is 11.4 Å². The lowest BCUT2D eigenvalue weighted by Crippen LogP contribution is -2.14. The molecule has 0 fully saturated rings. The molecule has 2 aromatic heterocycles. The van der Waals surface area contributed by atoms with Crippen LogP contribution in [0, 0.1) is 0 Å². The van der Waals surface area contributed by atoms with Crippen LogP contribution < -0.4 is 5.32 Å². The van der Waals surface area contributed by atoms with Crippen molar-refractivity contribution in [3.8, 4) is 11.3 Å². The summed E-state index contributed by atoms with van der Waals surface area (Å²) in [4.78, 5) is 36.3. The molecule has 0 unspecified atom stereocenters. The van der Waals surface area contributed by atoms with E-state index in [1.54, 1.807) is 20.9 Å².